The Morgan fingerprint density at radius 3 is 2.94 bits per heavy atom. The number of fused-ring (bicyclic) bond motifs is 1. The van der Waals surface area contributed by atoms with E-state index in [1.807, 2.05) is 18.5 Å². The predicted octanol–water partition coefficient (Wildman–Crippen LogP) is 2.29. The zero-order chi connectivity index (χ0) is 11.2. The van der Waals surface area contributed by atoms with Crippen molar-refractivity contribution in [1.29, 1.82) is 0 Å². The van der Waals surface area contributed by atoms with Crippen molar-refractivity contribution >= 4 is 0 Å². The standard InChI is InChI=1S/C13H13N3O/c1-2-4-11-9(3-1)7-12(17-11)13-15-14-8-16(13)10-5-6-10/h1-4,8,10,12H,5-7H2. The monoisotopic (exact) mass is 227 g/mol. The fourth-order valence-electron chi connectivity index (χ4n) is 2.44. The smallest absolute Gasteiger partial charge is 0.174 e. The first-order valence-corrected chi connectivity index (χ1v) is 6.06. The lowest BCUT2D eigenvalue weighted by Crippen LogP contribution is -2.11. The average molecular weight is 227 g/mol. The molecular weight excluding hydrogens is 214 g/mol. The second-order valence-corrected chi connectivity index (χ2v) is 4.75. The molecule has 4 heteroatoms. The number of nitrogens with zero attached hydrogens (tertiary/aromatic N) is 3. The molecule has 2 heterocycles. The fourth-order valence-corrected chi connectivity index (χ4v) is 2.44. The Balaban J connectivity index is 1.67. The number of aromatic nitrogens is 3. The molecule has 0 radical (unpaired) electrons. The van der Waals surface area contributed by atoms with Gasteiger partial charge in [0.1, 0.15) is 12.1 Å². The summed E-state index contributed by atoms with van der Waals surface area (Å²) in [5.74, 6) is 1.96. The highest BCUT2D eigenvalue weighted by Crippen LogP contribution is 2.40. The number of hydrogen-bond acceptors (Lipinski definition) is 3. The van der Waals surface area contributed by atoms with Crippen LogP contribution in [0.3, 0.4) is 0 Å². The molecule has 1 aliphatic carbocycles. The Kier molecular flexibility index (Phi) is 1.80. The lowest BCUT2D eigenvalue weighted by molar-refractivity contribution is 0.221. The van der Waals surface area contributed by atoms with Crippen molar-refractivity contribution in [2.75, 3.05) is 0 Å². The summed E-state index contributed by atoms with van der Waals surface area (Å²) >= 11 is 0. The maximum absolute atomic E-state index is 5.95. The van der Waals surface area contributed by atoms with Gasteiger partial charge in [0.05, 0.1) is 0 Å². The Bertz CT molecular complexity index is 534. The van der Waals surface area contributed by atoms with E-state index >= 15 is 0 Å². The van der Waals surface area contributed by atoms with Crippen molar-refractivity contribution in [3.05, 3.63) is 42.0 Å². The summed E-state index contributed by atoms with van der Waals surface area (Å²) in [6, 6.07) is 8.80. The van der Waals surface area contributed by atoms with Crippen LogP contribution in [0.4, 0.5) is 0 Å². The van der Waals surface area contributed by atoms with Crippen LogP contribution in [0.2, 0.25) is 0 Å². The molecule has 17 heavy (non-hydrogen) atoms. The molecular formula is C13H13N3O. The van der Waals surface area contributed by atoms with Crippen LogP contribution in [-0.4, -0.2) is 14.8 Å². The first-order valence-electron chi connectivity index (χ1n) is 6.06. The molecule has 4 nitrogen and oxygen atoms in total. The van der Waals surface area contributed by atoms with E-state index < -0.39 is 0 Å². The third-order valence-electron chi connectivity index (χ3n) is 3.48. The van der Waals surface area contributed by atoms with E-state index in [4.69, 9.17) is 4.74 Å². The van der Waals surface area contributed by atoms with E-state index in [0.717, 1.165) is 18.0 Å². The van der Waals surface area contributed by atoms with Gasteiger partial charge in [-0.15, -0.1) is 10.2 Å². The molecule has 0 saturated heterocycles. The van der Waals surface area contributed by atoms with Crippen LogP contribution in [-0.2, 0) is 6.42 Å². The molecule has 1 aromatic heterocycles. The van der Waals surface area contributed by atoms with Gasteiger partial charge in [0.2, 0.25) is 0 Å². The minimum Gasteiger partial charge on any atom is -0.482 e. The predicted molar refractivity (Wildman–Crippen MR) is 61.8 cm³/mol. The van der Waals surface area contributed by atoms with Gasteiger partial charge in [0.15, 0.2) is 11.9 Å². The summed E-state index contributed by atoms with van der Waals surface area (Å²) in [6.45, 7) is 0. The molecule has 4 rings (SSSR count). The molecule has 0 amide bonds. The first-order chi connectivity index (χ1) is 8.42. The van der Waals surface area contributed by atoms with Gasteiger partial charge in [0, 0.05) is 12.5 Å². The van der Waals surface area contributed by atoms with Gasteiger partial charge in [-0.3, -0.25) is 0 Å². The quantitative estimate of drug-likeness (QED) is 0.790. The third kappa shape index (κ3) is 1.44. The minimum atomic E-state index is 0.0375. The van der Waals surface area contributed by atoms with Crippen molar-refractivity contribution in [2.45, 2.75) is 31.4 Å². The molecule has 0 N–H and O–H groups in total. The van der Waals surface area contributed by atoms with Gasteiger partial charge in [-0.2, -0.15) is 0 Å². The Labute approximate surface area is 99.2 Å². The van der Waals surface area contributed by atoms with Gasteiger partial charge >= 0.3 is 0 Å². The van der Waals surface area contributed by atoms with E-state index in [0.29, 0.717) is 6.04 Å². The van der Waals surface area contributed by atoms with Crippen molar-refractivity contribution in [2.24, 2.45) is 0 Å². The van der Waals surface area contributed by atoms with Crippen LogP contribution in [0.5, 0.6) is 5.75 Å². The molecule has 1 aromatic carbocycles. The van der Waals surface area contributed by atoms with E-state index in [9.17, 15) is 0 Å². The molecule has 1 atom stereocenters. The largest absolute Gasteiger partial charge is 0.482 e. The van der Waals surface area contributed by atoms with E-state index in [-0.39, 0.29) is 6.10 Å². The lowest BCUT2D eigenvalue weighted by Gasteiger charge is -2.11. The number of para-hydroxylation sites is 1. The second-order valence-electron chi connectivity index (χ2n) is 4.75. The first kappa shape index (κ1) is 9.22. The van der Waals surface area contributed by atoms with E-state index in [1.54, 1.807) is 0 Å². The van der Waals surface area contributed by atoms with Gasteiger partial charge in [0.25, 0.3) is 0 Å². The van der Waals surface area contributed by atoms with Crippen LogP contribution in [0.1, 0.15) is 36.4 Å². The highest BCUT2D eigenvalue weighted by Gasteiger charge is 2.33. The van der Waals surface area contributed by atoms with Gasteiger partial charge in [-0.1, -0.05) is 18.2 Å². The molecule has 1 unspecified atom stereocenters. The highest BCUT2D eigenvalue weighted by atomic mass is 16.5. The summed E-state index contributed by atoms with van der Waals surface area (Å²) in [4.78, 5) is 0. The summed E-state index contributed by atoms with van der Waals surface area (Å²) in [7, 11) is 0. The fraction of sp³-hybridized carbons (Fsp3) is 0.385. The van der Waals surface area contributed by atoms with Crippen LogP contribution >= 0.6 is 0 Å². The molecule has 1 aliphatic heterocycles. The Hall–Kier alpha value is -1.84. The van der Waals surface area contributed by atoms with E-state index in [2.05, 4.69) is 26.9 Å². The van der Waals surface area contributed by atoms with Crippen LogP contribution in [0.25, 0.3) is 0 Å². The molecule has 1 fully saturated rings. The number of hydrogen-bond donors (Lipinski definition) is 0. The topological polar surface area (TPSA) is 39.9 Å². The summed E-state index contributed by atoms with van der Waals surface area (Å²) in [6.07, 6.45) is 5.26. The molecule has 2 aromatic rings. The number of ether oxygens (including phenoxy) is 1. The maximum atomic E-state index is 5.95. The van der Waals surface area contributed by atoms with Gasteiger partial charge in [-0.05, 0) is 24.5 Å². The zero-order valence-corrected chi connectivity index (χ0v) is 9.41. The maximum Gasteiger partial charge on any atom is 0.174 e. The molecule has 86 valence electrons. The molecule has 0 spiro atoms. The number of benzene rings is 1. The summed E-state index contributed by atoms with van der Waals surface area (Å²) in [5, 5.41) is 8.25. The molecule has 1 saturated carbocycles. The SMILES string of the molecule is c1ccc2c(c1)CC(c1nncn1C1CC1)O2. The van der Waals surface area contributed by atoms with Gasteiger partial charge in [-0.25, -0.2) is 0 Å². The normalized spacial score (nSPS) is 22.2. The van der Waals surface area contributed by atoms with Crippen LogP contribution in [0.15, 0.2) is 30.6 Å². The van der Waals surface area contributed by atoms with Gasteiger partial charge < -0.3 is 9.30 Å². The zero-order valence-electron chi connectivity index (χ0n) is 9.41. The van der Waals surface area contributed by atoms with Crippen molar-refractivity contribution in [3.63, 3.8) is 0 Å². The van der Waals surface area contributed by atoms with Crippen LogP contribution < -0.4 is 4.74 Å². The Morgan fingerprint density at radius 1 is 1.24 bits per heavy atom. The van der Waals surface area contributed by atoms with Crippen molar-refractivity contribution in [3.8, 4) is 5.75 Å². The Morgan fingerprint density at radius 2 is 2.12 bits per heavy atom. The van der Waals surface area contributed by atoms with Crippen LogP contribution in [0, 0.1) is 0 Å². The summed E-state index contributed by atoms with van der Waals surface area (Å²) < 4.78 is 8.12. The number of rotatable bonds is 2. The third-order valence-corrected chi connectivity index (χ3v) is 3.48. The van der Waals surface area contributed by atoms with Crippen molar-refractivity contribution < 1.29 is 4.74 Å². The second kappa shape index (κ2) is 3.32. The van der Waals surface area contributed by atoms with Crippen molar-refractivity contribution in [1.82, 2.24) is 14.8 Å². The lowest BCUT2D eigenvalue weighted by atomic mass is 10.1. The van der Waals surface area contributed by atoms with E-state index in [1.165, 1.54) is 18.4 Å². The summed E-state index contributed by atoms with van der Waals surface area (Å²) in [5.41, 5.74) is 1.27. The minimum absolute atomic E-state index is 0.0375. The molecule has 2 aliphatic rings. The molecule has 0 bridgehead atoms. The average Bonchev–Trinajstić information content (AvgIpc) is 2.94. The highest BCUT2D eigenvalue weighted by molar-refractivity contribution is 5.38.